The van der Waals surface area contributed by atoms with E-state index in [0.29, 0.717) is 25.9 Å². The average Bonchev–Trinajstić information content (AvgIpc) is 2.25. The van der Waals surface area contributed by atoms with Crippen LogP contribution in [0.5, 0.6) is 0 Å². The number of hydrogen-bond acceptors (Lipinski definition) is 2. The second-order valence-electron chi connectivity index (χ2n) is 6.72. The van der Waals surface area contributed by atoms with Gasteiger partial charge in [0.1, 0.15) is 5.41 Å². The van der Waals surface area contributed by atoms with E-state index in [0.717, 1.165) is 12.8 Å². The summed E-state index contributed by atoms with van der Waals surface area (Å²) in [5.41, 5.74) is 0.373. The molecule has 1 heterocycles. The highest BCUT2D eigenvalue weighted by atomic mass is 16.4. The van der Waals surface area contributed by atoms with Gasteiger partial charge in [-0.3, -0.25) is 9.59 Å². The van der Waals surface area contributed by atoms with Crippen molar-refractivity contribution in [1.29, 1.82) is 0 Å². The molecule has 1 amide bonds. The molecule has 1 aliphatic heterocycles. The molecule has 1 aliphatic carbocycles. The van der Waals surface area contributed by atoms with Crippen molar-refractivity contribution in [1.82, 2.24) is 4.90 Å². The van der Waals surface area contributed by atoms with Gasteiger partial charge in [-0.2, -0.15) is 0 Å². The summed E-state index contributed by atoms with van der Waals surface area (Å²) in [6.07, 6.45) is 4.77. The Hall–Kier alpha value is -1.32. The van der Waals surface area contributed by atoms with E-state index in [4.69, 9.17) is 0 Å². The normalized spacial score (nSPS) is 22.5. The zero-order valence-electron chi connectivity index (χ0n) is 12.0. The van der Waals surface area contributed by atoms with E-state index >= 15 is 0 Å². The Morgan fingerprint density at radius 3 is 2.26 bits per heavy atom. The lowest BCUT2D eigenvalue weighted by atomic mass is 9.67. The molecule has 1 saturated carbocycles. The molecule has 106 valence electrons. The van der Waals surface area contributed by atoms with Gasteiger partial charge in [0.25, 0.3) is 0 Å². The Morgan fingerprint density at radius 2 is 1.95 bits per heavy atom. The minimum atomic E-state index is -1.12. The van der Waals surface area contributed by atoms with Crippen LogP contribution in [-0.4, -0.2) is 35.0 Å². The number of carbonyl (C=O) groups excluding carboxylic acids is 1. The first-order valence-electron chi connectivity index (χ1n) is 7.00. The zero-order chi connectivity index (χ0) is 14.3. The molecule has 0 atom stereocenters. The van der Waals surface area contributed by atoms with Crippen LogP contribution in [0.25, 0.3) is 0 Å². The highest BCUT2D eigenvalue weighted by molar-refractivity contribution is 6.02. The number of aliphatic carboxylic acids is 1. The van der Waals surface area contributed by atoms with Crippen molar-refractivity contribution in [3.63, 3.8) is 0 Å². The van der Waals surface area contributed by atoms with E-state index < -0.39 is 11.4 Å². The van der Waals surface area contributed by atoms with E-state index in [-0.39, 0.29) is 11.3 Å². The fourth-order valence-electron chi connectivity index (χ4n) is 2.89. The Balaban J connectivity index is 2.08. The SMILES string of the molecule is CC(C)(C)C1=CCN(C(=O)C2(C(=O)O)CCC2)CC1. The number of rotatable bonds is 2. The van der Waals surface area contributed by atoms with Gasteiger partial charge in [0.15, 0.2) is 0 Å². The van der Waals surface area contributed by atoms with Gasteiger partial charge in [0.2, 0.25) is 5.91 Å². The van der Waals surface area contributed by atoms with Crippen molar-refractivity contribution in [2.24, 2.45) is 10.8 Å². The third-order valence-electron chi connectivity index (χ3n) is 4.49. The Labute approximate surface area is 114 Å². The lowest BCUT2D eigenvalue weighted by Gasteiger charge is -2.41. The first kappa shape index (κ1) is 14.1. The van der Waals surface area contributed by atoms with Gasteiger partial charge in [0.05, 0.1) is 0 Å². The smallest absolute Gasteiger partial charge is 0.319 e. The van der Waals surface area contributed by atoms with Crippen LogP contribution >= 0.6 is 0 Å². The highest BCUT2D eigenvalue weighted by Crippen LogP contribution is 2.43. The van der Waals surface area contributed by atoms with Gasteiger partial charge in [0, 0.05) is 13.1 Å². The number of carboxylic acid groups (broad SMARTS) is 1. The van der Waals surface area contributed by atoms with Crippen LogP contribution in [0.1, 0.15) is 46.5 Å². The van der Waals surface area contributed by atoms with Crippen LogP contribution in [-0.2, 0) is 9.59 Å². The second-order valence-corrected chi connectivity index (χ2v) is 6.72. The Kier molecular flexibility index (Phi) is 3.45. The summed E-state index contributed by atoms with van der Waals surface area (Å²) in [4.78, 5) is 25.5. The molecule has 0 radical (unpaired) electrons. The molecule has 0 aromatic heterocycles. The van der Waals surface area contributed by atoms with E-state index in [2.05, 4.69) is 26.8 Å². The third kappa shape index (κ3) is 2.40. The third-order valence-corrected chi connectivity index (χ3v) is 4.49. The molecule has 0 aromatic carbocycles. The monoisotopic (exact) mass is 265 g/mol. The largest absolute Gasteiger partial charge is 0.480 e. The predicted molar refractivity (Wildman–Crippen MR) is 72.7 cm³/mol. The zero-order valence-corrected chi connectivity index (χ0v) is 12.0. The maximum atomic E-state index is 12.4. The van der Waals surface area contributed by atoms with E-state index in [1.165, 1.54) is 5.57 Å². The Bertz CT molecular complexity index is 427. The summed E-state index contributed by atoms with van der Waals surface area (Å²) >= 11 is 0. The summed E-state index contributed by atoms with van der Waals surface area (Å²) in [5, 5.41) is 9.30. The molecule has 19 heavy (non-hydrogen) atoms. The molecule has 2 rings (SSSR count). The van der Waals surface area contributed by atoms with Gasteiger partial charge in [-0.25, -0.2) is 0 Å². The molecular weight excluding hydrogens is 242 g/mol. The average molecular weight is 265 g/mol. The van der Waals surface area contributed by atoms with Crippen LogP contribution < -0.4 is 0 Å². The fourth-order valence-corrected chi connectivity index (χ4v) is 2.89. The van der Waals surface area contributed by atoms with Gasteiger partial charge in [-0.05, 0) is 24.7 Å². The molecule has 0 unspecified atom stereocenters. The van der Waals surface area contributed by atoms with E-state index in [9.17, 15) is 14.7 Å². The van der Waals surface area contributed by atoms with Crippen LogP contribution in [0.2, 0.25) is 0 Å². The standard InChI is InChI=1S/C15H23NO3/c1-14(2,3)11-5-9-16(10-6-11)12(17)15(13(18)19)7-4-8-15/h5H,4,6-10H2,1-3H3,(H,18,19). The molecule has 4 nitrogen and oxygen atoms in total. The maximum Gasteiger partial charge on any atom is 0.319 e. The van der Waals surface area contributed by atoms with Gasteiger partial charge in [-0.1, -0.05) is 38.8 Å². The van der Waals surface area contributed by atoms with Gasteiger partial charge in [-0.15, -0.1) is 0 Å². The quantitative estimate of drug-likeness (QED) is 0.616. The molecule has 0 spiro atoms. The highest BCUT2D eigenvalue weighted by Gasteiger charge is 2.52. The van der Waals surface area contributed by atoms with Crippen molar-refractivity contribution in [3.8, 4) is 0 Å². The lowest BCUT2D eigenvalue weighted by Crippen LogP contribution is -2.53. The predicted octanol–water partition coefficient (Wildman–Crippen LogP) is 2.45. The van der Waals surface area contributed by atoms with Crippen molar-refractivity contribution in [3.05, 3.63) is 11.6 Å². The van der Waals surface area contributed by atoms with Crippen LogP contribution in [0.3, 0.4) is 0 Å². The lowest BCUT2D eigenvalue weighted by molar-refractivity contribution is -0.167. The van der Waals surface area contributed by atoms with E-state index in [1.807, 2.05) is 0 Å². The second kappa shape index (κ2) is 4.66. The summed E-state index contributed by atoms with van der Waals surface area (Å²) in [6.45, 7) is 7.71. The van der Waals surface area contributed by atoms with Gasteiger partial charge >= 0.3 is 5.97 Å². The van der Waals surface area contributed by atoms with Crippen molar-refractivity contribution < 1.29 is 14.7 Å². The number of hydrogen-bond donors (Lipinski definition) is 1. The number of carbonyl (C=O) groups is 2. The number of nitrogens with zero attached hydrogens (tertiary/aromatic N) is 1. The first-order chi connectivity index (χ1) is 8.77. The molecule has 1 N–H and O–H groups in total. The summed E-state index contributed by atoms with van der Waals surface area (Å²) in [7, 11) is 0. The molecule has 0 bridgehead atoms. The van der Waals surface area contributed by atoms with Crippen molar-refractivity contribution in [2.45, 2.75) is 46.5 Å². The molecular formula is C15H23NO3. The molecule has 0 aromatic rings. The Morgan fingerprint density at radius 1 is 1.32 bits per heavy atom. The molecule has 2 aliphatic rings. The summed E-state index contributed by atoms with van der Waals surface area (Å²) in [5.74, 6) is -1.13. The van der Waals surface area contributed by atoms with Crippen molar-refractivity contribution >= 4 is 11.9 Å². The summed E-state index contributed by atoms with van der Waals surface area (Å²) < 4.78 is 0. The number of carboxylic acids is 1. The molecule has 1 fully saturated rings. The van der Waals surface area contributed by atoms with Gasteiger partial charge < -0.3 is 10.0 Å². The maximum absolute atomic E-state index is 12.4. The van der Waals surface area contributed by atoms with Crippen LogP contribution in [0.15, 0.2) is 11.6 Å². The molecule has 4 heteroatoms. The molecule has 0 saturated heterocycles. The minimum Gasteiger partial charge on any atom is -0.480 e. The minimum absolute atomic E-state index is 0.135. The topological polar surface area (TPSA) is 57.6 Å². The van der Waals surface area contributed by atoms with Crippen LogP contribution in [0.4, 0.5) is 0 Å². The summed E-state index contributed by atoms with van der Waals surface area (Å²) in [6, 6.07) is 0. The van der Waals surface area contributed by atoms with E-state index in [1.54, 1.807) is 4.90 Å². The first-order valence-corrected chi connectivity index (χ1v) is 7.00. The fraction of sp³-hybridized carbons (Fsp3) is 0.733. The van der Waals surface area contributed by atoms with Crippen LogP contribution in [0, 0.1) is 10.8 Å². The van der Waals surface area contributed by atoms with Crippen molar-refractivity contribution in [2.75, 3.05) is 13.1 Å². The number of amides is 1.